The largest absolute Gasteiger partial charge is 0.494 e. The van der Waals surface area contributed by atoms with Gasteiger partial charge in [0.1, 0.15) is 5.75 Å². The molecule has 1 aromatic carbocycles. The molecule has 0 aliphatic carbocycles. The molecule has 1 aromatic rings. The number of benzene rings is 1. The molecule has 114 valence electrons. The van der Waals surface area contributed by atoms with Gasteiger partial charge in [0.05, 0.1) is 13.2 Å². The Morgan fingerprint density at radius 1 is 1.05 bits per heavy atom. The first kappa shape index (κ1) is 16.8. The van der Waals surface area contributed by atoms with Crippen LogP contribution in [-0.2, 0) is 6.61 Å². The van der Waals surface area contributed by atoms with Gasteiger partial charge in [0.25, 0.3) is 0 Å². The van der Waals surface area contributed by atoms with Crippen LogP contribution in [0.4, 0.5) is 5.69 Å². The van der Waals surface area contributed by atoms with Crippen LogP contribution in [0.25, 0.3) is 0 Å². The summed E-state index contributed by atoms with van der Waals surface area (Å²) in [6.07, 6.45) is 7.83. The highest BCUT2D eigenvalue weighted by atomic mass is 16.5. The lowest BCUT2D eigenvalue weighted by Gasteiger charge is -2.12. The maximum absolute atomic E-state index is 9.35. The van der Waals surface area contributed by atoms with E-state index in [-0.39, 0.29) is 6.61 Å². The molecule has 0 saturated heterocycles. The lowest BCUT2D eigenvalue weighted by molar-refractivity contribution is 0.267. The number of unbranched alkanes of at least 4 members (excludes halogenated alkanes) is 5. The van der Waals surface area contributed by atoms with Crippen molar-refractivity contribution in [3.63, 3.8) is 0 Å². The normalized spacial score (nSPS) is 10.6. The van der Waals surface area contributed by atoms with Gasteiger partial charge in [-0.15, -0.1) is 0 Å². The van der Waals surface area contributed by atoms with Gasteiger partial charge in [0.2, 0.25) is 0 Å². The number of aliphatic hydroxyl groups excluding tert-OH is 1. The van der Waals surface area contributed by atoms with Gasteiger partial charge < -0.3 is 15.2 Å². The molecule has 0 radical (unpaired) electrons. The standard InChI is InChI=1S/C17H29NO2/c1-3-5-6-7-8-9-12-18-16-10-11-17(20-4-2)15(13-16)14-19/h10-11,13,18-19H,3-9,12,14H2,1-2H3. The first-order valence-electron chi connectivity index (χ1n) is 7.92. The molecule has 3 heteroatoms. The van der Waals surface area contributed by atoms with Gasteiger partial charge in [-0.1, -0.05) is 39.0 Å². The van der Waals surface area contributed by atoms with E-state index in [1.54, 1.807) is 0 Å². The summed E-state index contributed by atoms with van der Waals surface area (Å²) in [4.78, 5) is 0. The van der Waals surface area contributed by atoms with Crippen LogP contribution in [0.3, 0.4) is 0 Å². The number of aliphatic hydroxyl groups is 1. The molecule has 0 heterocycles. The van der Waals surface area contributed by atoms with Crippen molar-refractivity contribution in [3.8, 4) is 5.75 Å². The summed E-state index contributed by atoms with van der Waals surface area (Å²) < 4.78 is 5.48. The molecule has 0 saturated carbocycles. The van der Waals surface area contributed by atoms with E-state index in [0.717, 1.165) is 23.5 Å². The fourth-order valence-electron chi connectivity index (χ4n) is 2.25. The van der Waals surface area contributed by atoms with E-state index >= 15 is 0 Å². The molecule has 0 unspecified atom stereocenters. The molecule has 0 atom stereocenters. The minimum absolute atomic E-state index is 0.0157. The molecule has 0 bridgehead atoms. The van der Waals surface area contributed by atoms with Crippen molar-refractivity contribution in [1.29, 1.82) is 0 Å². The molecule has 0 spiro atoms. The van der Waals surface area contributed by atoms with Crippen molar-refractivity contribution < 1.29 is 9.84 Å². The van der Waals surface area contributed by atoms with Gasteiger partial charge in [-0.2, -0.15) is 0 Å². The van der Waals surface area contributed by atoms with Crippen molar-refractivity contribution in [1.82, 2.24) is 0 Å². The predicted octanol–water partition coefficient (Wildman–Crippen LogP) is 4.35. The van der Waals surface area contributed by atoms with E-state index in [0.29, 0.717) is 6.61 Å². The van der Waals surface area contributed by atoms with Crippen LogP contribution in [0.2, 0.25) is 0 Å². The molecule has 0 aromatic heterocycles. The number of anilines is 1. The Hall–Kier alpha value is -1.22. The Morgan fingerprint density at radius 3 is 2.50 bits per heavy atom. The zero-order valence-corrected chi connectivity index (χ0v) is 13.0. The summed E-state index contributed by atoms with van der Waals surface area (Å²) in [6, 6.07) is 5.92. The molecular formula is C17H29NO2. The Morgan fingerprint density at radius 2 is 1.80 bits per heavy atom. The second-order valence-electron chi connectivity index (χ2n) is 5.11. The van der Waals surface area contributed by atoms with E-state index < -0.39 is 0 Å². The molecule has 1 rings (SSSR count). The number of hydrogen-bond donors (Lipinski definition) is 2. The van der Waals surface area contributed by atoms with Gasteiger partial charge >= 0.3 is 0 Å². The number of rotatable bonds is 11. The monoisotopic (exact) mass is 279 g/mol. The van der Waals surface area contributed by atoms with Crippen LogP contribution in [0.5, 0.6) is 5.75 Å². The molecule has 0 amide bonds. The SMILES string of the molecule is CCCCCCCCNc1ccc(OCC)c(CO)c1. The van der Waals surface area contributed by atoms with Gasteiger partial charge in [-0.3, -0.25) is 0 Å². The Balaban J connectivity index is 2.29. The first-order chi connectivity index (χ1) is 9.81. The average molecular weight is 279 g/mol. The predicted molar refractivity (Wildman–Crippen MR) is 85.4 cm³/mol. The molecular weight excluding hydrogens is 250 g/mol. The minimum Gasteiger partial charge on any atom is -0.494 e. The van der Waals surface area contributed by atoms with Gasteiger partial charge in [0.15, 0.2) is 0 Å². The Kier molecular flexibility index (Phi) is 8.88. The third kappa shape index (κ3) is 6.29. The van der Waals surface area contributed by atoms with Crippen LogP contribution in [0, 0.1) is 0 Å². The first-order valence-corrected chi connectivity index (χ1v) is 7.92. The summed E-state index contributed by atoms with van der Waals surface area (Å²) in [5.41, 5.74) is 1.91. The average Bonchev–Trinajstić information content (AvgIpc) is 2.48. The lowest BCUT2D eigenvalue weighted by atomic mass is 10.1. The highest BCUT2D eigenvalue weighted by Gasteiger charge is 2.03. The quantitative estimate of drug-likeness (QED) is 0.592. The summed E-state index contributed by atoms with van der Waals surface area (Å²) in [6.45, 7) is 5.82. The van der Waals surface area contributed by atoms with Crippen LogP contribution in [0.15, 0.2) is 18.2 Å². The van der Waals surface area contributed by atoms with E-state index in [4.69, 9.17) is 4.74 Å². The molecule has 3 nitrogen and oxygen atoms in total. The molecule has 20 heavy (non-hydrogen) atoms. The smallest absolute Gasteiger partial charge is 0.124 e. The fraction of sp³-hybridized carbons (Fsp3) is 0.647. The maximum atomic E-state index is 9.35. The summed E-state index contributed by atoms with van der Waals surface area (Å²) in [7, 11) is 0. The molecule has 2 N–H and O–H groups in total. The van der Waals surface area contributed by atoms with E-state index in [9.17, 15) is 5.11 Å². The number of hydrogen-bond acceptors (Lipinski definition) is 3. The maximum Gasteiger partial charge on any atom is 0.124 e. The zero-order chi connectivity index (χ0) is 14.6. The van der Waals surface area contributed by atoms with Gasteiger partial charge in [-0.25, -0.2) is 0 Å². The van der Waals surface area contributed by atoms with Crippen molar-refractivity contribution >= 4 is 5.69 Å². The number of nitrogens with one attached hydrogen (secondary N) is 1. The summed E-state index contributed by atoms with van der Waals surface area (Å²) in [5.74, 6) is 0.778. The zero-order valence-electron chi connectivity index (χ0n) is 13.0. The summed E-state index contributed by atoms with van der Waals surface area (Å²) in [5, 5.41) is 12.8. The van der Waals surface area contributed by atoms with Crippen molar-refractivity contribution in [3.05, 3.63) is 23.8 Å². The van der Waals surface area contributed by atoms with E-state index in [2.05, 4.69) is 12.2 Å². The molecule has 0 fully saturated rings. The fourth-order valence-corrected chi connectivity index (χ4v) is 2.25. The lowest BCUT2D eigenvalue weighted by Crippen LogP contribution is -2.03. The third-order valence-corrected chi connectivity index (χ3v) is 3.39. The Bertz CT molecular complexity index is 366. The van der Waals surface area contributed by atoms with E-state index in [1.807, 2.05) is 25.1 Å². The van der Waals surface area contributed by atoms with Crippen LogP contribution in [-0.4, -0.2) is 18.3 Å². The second kappa shape index (κ2) is 10.6. The van der Waals surface area contributed by atoms with E-state index in [1.165, 1.54) is 38.5 Å². The van der Waals surface area contributed by atoms with Crippen molar-refractivity contribution in [2.24, 2.45) is 0 Å². The number of ether oxygens (including phenoxy) is 1. The highest BCUT2D eigenvalue weighted by molar-refractivity contribution is 5.51. The summed E-state index contributed by atoms with van der Waals surface area (Å²) >= 11 is 0. The van der Waals surface area contributed by atoms with Gasteiger partial charge in [-0.05, 0) is 31.5 Å². The van der Waals surface area contributed by atoms with Crippen molar-refractivity contribution in [2.45, 2.75) is 59.0 Å². The van der Waals surface area contributed by atoms with Crippen LogP contribution in [0.1, 0.15) is 57.9 Å². The van der Waals surface area contributed by atoms with Gasteiger partial charge in [0, 0.05) is 17.8 Å². The molecule has 0 aliphatic rings. The van der Waals surface area contributed by atoms with Crippen LogP contribution >= 0.6 is 0 Å². The topological polar surface area (TPSA) is 41.5 Å². The minimum atomic E-state index is 0.0157. The molecule has 0 aliphatic heterocycles. The Labute approximate surface area is 123 Å². The van der Waals surface area contributed by atoms with Crippen LogP contribution < -0.4 is 10.1 Å². The van der Waals surface area contributed by atoms with Crippen molar-refractivity contribution in [2.75, 3.05) is 18.5 Å². The second-order valence-corrected chi connectivity index (χ2v) is 5.11. The third-order valence-electron chi connectivity index (χ3n) is 3.39. The highest BCUT2D eigenvalue weighted by Crippen LogP contribution is 2.23.